The number of carbonyl (C=O) groups is 1. The van der Waals surface area contributed by atoms with Crippen molar-refractivity contribution < 1.29 is 9.53 Å². The molecule has 2 aliphatic heterocycles. The lowest BCUT2D eigenvalue weighted by Gasteiger charge is -2.34. The van der Waals surface area contributed by atoms with E-state index in [9.17, 15) is 4.79 Å². The minimum absolute atomic E-state index is 0.151. The average molecular weight is 427 g/mol. The van der Waals surface area contributed by atoms with E-state index in [1.807, 2.05) is 47.6 Å². The van der Waals surface area contributed by atoms with Gasteiger partial charge >= 0.3 is 0 Å². The van der Waals surface area contributed by atoms with E-state index in [-0.39, 0.29) is 12.0 Å². The van der Waals surface area contributed by atoms with E-state index in [0.29, 0.717) is 18.2 Å². The minimum Gasteiger partial charge on any atom is -0.382 e. The molecule has 32 heavy (non-hydrogen) atoms. The molecule has 5 rings (SSSR count). The van der Waals surface area contributed by atoms with E-state index in [1.165, 1.54) is 0 Å². The summed E-state index contributed by atoms with van der Waals surface area (Å²) in [4.78, 5) is 18.9. The number of piperidine rings is 1. The Hall–Kier alpha value is -3.43. The van der Waals surface area contributed by atoms with Gasteiger partial charge < -0.3 is 15.0 Å². The molecule has 0 saturated carbocycles. The lowest BCUT2D eigenvalue weighted by molar-refractivity contribution is -0.141. The quantitative estimate of drug-likeness (QED) is 0.671. The van der Waals surface area contributed by atoms with E-state index in [4.69, 9.17) is 10.00 Å². The molecule has 162 valence electrons. The van der Waals surface area contributed by atoms with Gasteiger partial charge in [-0.3, -0.25) is 9.78 Å². The predicted octanol–water partition coefficient (Wildman–Crippen LogP) is 4.36. The molecule has 6 nitrogen and oxygen atoms in total. The van der Waals surface area contributed by atoms with Gasteiger partial charge in [0.1, 0.15) is 6.10 Å². The van der Waals surface area contributed by atoms with Crippen LogP contribution in [0.3, 0.4) is 0 Å². The summed E-state index contributed by atoms with van der Waals surface area (Å²) in [7, 11) is 0. The summed E-state index contributed by atoms with van der Waals surface area (Å²) in [5.74, 6) is 0.151. The monoisotopic (exact) mass is 426 g/mol. The largest absolute Gasteiger partial charge is 0.382 e. The van der Waals surface area contributed by atoms with Crippen molar-refractivity contribution >= 4 is 22.4 Å². The summed E-state index contributed by atoms with van der Waals surface area (Å²) < 4.78 is 5.58. The van der Waals surface area contributed by atoms with Crippen molar-refractivity contribution in [1.82, 2.24) is 9.88 Å². The maximum absolute atomic E-state index is 12.6. The Morgan fingerprint density at radius 3 is 2.62 bits per heavy atom. The number of anilines is 1. The summed E-state index contributed by atoms with van der Waals surface area (Å²) in [6.07, 6.45) is 7.10. The van der Waals surface area contributed by atoms with Gasteiger partial charge in [0, 0.05) is 49.2 Å². The molecular formula is C26H26N4O2. The molecule has 1 unspecified atom stereocenters. The van der Waals surface area contributed by atoms with Crippen molar-refractivity contribution in [2.24, 2.45) is 0 Å². The summed E-state index contributed by atoms with van der Waals surface area (Å²) in [5, 5.41) is 15.0. The summed E-state index contributed by atoms with van der Waals surface area (Å²) in [5.41, 5.74) is 3.88. The van der Waals surface area contributed by atoms with Gasteiger partial charge in [-0.25, -0.2) is 0 Å². The van der Waals surface area contributed by atoms with Gasteiger partial charge in [-0.1, -0.05) is 12.1 Å². The second kappa shape index (κ2) is 8.97. The molecule has 1 aromatic heterocycles. The number of fused-ring (bicyclic) bond motifs is 1. The van der Waals surface area contributed by atoms with Crippen LogP contribution in [0.1, 0.15) is 31.2 Å². The van der Waals surface area contributed by atoms with E-state index < -0.39 is 0 Å². The lowest BCUT2D eigenvalue weighted by Crippen LogP contribution is -2.46. The van der Waals surface area contributed by atoms with Crippen LogP contribution in [0.5, 0.6) is 0 Å². The number of amides is 1. The number of hydrogen-bond donors (Lipinski definition) is 1. The van der Waals surface area contributed by atoms with Crippen molar-refractivity contribution in [3.8, 4) is 17.2 Å². The first-order valence-corrected chi connectivity index (χ1v) is 11.3. The Morgan fingerprint density at radius 1 is 1.09 bits per heavy atom. The molecule has 1 atom stereocenters. The molecule has 3 heterocycles. The Morgan fingerprint density at radius 2 is 1.91 bits per heavy atom. The molecule has 0 aliphatic carbocycles. The Bertz CT molecular complexity index is 1150. The predicted molar refractivity (Wildman–Crippen MR) is 124 cm³/mol. The molecule has 2 aliphatic rings. The molecule has 1 N–H and O–H groups in total. The third-order valence-electron chi connectivity index (χ3n) is 6.47. The standard InChI is InChI=1S/C26H26N4O2/c27-16-18-3-5-19(6-4-18)21-14-20-7-10-28-17-23(20)24(15-21)29-22-8-11-30(12-9-22)26(31)25-2-1-13-32-25/h3-7,10,14-15,17,22,25,29H,1-2,8-9,11-13H2. The van der Waals surface area contributed by atoms with Crippen molar-refractivity contribution in [1.29, 1.82) is 5.26 Å². The number of aromatic nitrogens is 1. The second-order valence-corrected chi connectivity index (χ2v) is 8.56. The van der Waals surface area contributed by atoms with Crippen molar-refractivity contribution in [3.05, 3.63) is 60.4 Å². The maximum atomic E-state index is 12.6. The fraction of sp³-hybridized carbons (Fsp3) is 0.346. The number of nitriles is 1. The lowest BCUT2D eigenvalue weighted by atomic mass is 9.98. The van der Waals surface area contributed by atoms with Crippen molar-refractivity contribution in [3.63, 3.8) is 0 Å². The first-order chi connectivity index (χ1) is 15.7. The van der Waals surface area contributed by atoms with Crippen LogP contribution in [0.4, 0.5) is 5.69 Å². The Labute approximate surface area is 187 Å². The number of ether oxygens (including phenoxy) is 1. The average Bonchev–Trinajstić information content (AvgIpc) is 3.39. The van der Waals surface area contributed by atoms with Gasteiger partial charge in [0.15, 0.2) is 0 Å². The van der Waals surface area contributed by atoms with Gasteiger partial charge in [-0.2, -0.15) is 5.26 Å². The second-order valence-electron chi connectivity index (χ2n) is 8.56. The van der Waals surface area contributed by atoms with Crippen LogP contribution in [-0.2, 0) is 9.53 Å². The SMILES string of the molecule is N#Cc1ccc(-c2cc(NC3CCN(C(=O)C4CCCO4)CC3)c3cnccc3c2)cc1. The summed E-state index contributed by atoms with van der Waals surface area (Å²) in [6.45, 7) is 2.20. The Balaban J connectivity index is 1.34. The first kappa shape index (κ1) is 20.5. The van der Waals surface area contributed by atoms with Gasteiger partial charge in [0.05, 0.1) is 11.6 Å². The van der Waals surface area contributed by atoms with Crippen LogP contribution in [0.2, 0.25) is 0 Å². The smallest absolute Gasteiger partial charge is 0.251 e. The number of carbonyl (C=O) groups excluding carboxylic acids is 1. The third kappa shape index (κ3) is 4.17. The highest BCUT2D eigenvalue weighted by Crippen LogP contribution is 2.32. The van der Waals surface area contributed by atoms with Crippen LogP contribution < -0.4 is 5.32 Å². The van der Waals surface area contributed by atoms with E-state index in [2.05, 4.69) is 28.5 Å². The fourth-order valence-electron chi connectivity index (χ4n) is 4.66. The highest BCUT2D eigenvalue weighted by atomic mass is 16.5. The van der Waals surface area contributed by atoms with Gasteiger partial charge in [-0.15, -0.1) is 0 Å². The zero-order chi connectivity index (χ0) is 21.9. The molecule has 2 aromatic carbocycles. The van der Waals surface area contributed by atoms with Crippen LogP contribution in [0, 0.1) is 11.3 Å². The van der Waals surface area contributed by atoms with Gasteiger partial charge in [0.2, 0.25) is 0 Å². The molecule has 0 bridgehead atoms. The summed E-state index contributed by atoms with van der Waals surface area (Å²) in [6, 6.07) is 16.5. The molecule has 3 aromatic rings. The zero-order valence-electron chi connectivity index (χ0n) is 18.0. The van der Waals surface area contributed by atoms with Crippen molar-refractivity contribution in [2.45, 2.75) is 37.8 Å². The number of rotatable bonds is 4. The van der Waals surface area contributed by atoms with Gasteiger partial charge in [-0.05, 0) is 72.5 Å². The van der Waals surface area contributed by atoms with Crippen LogP contribution >= 0.6 is 0 Å². The third-order valence-corrected chi connectivity index (χ3v) is 6.47. The van der Waals surface area contributed by atoms with Crippen LogP contribution in [-0.4, -0.2) is 47.6 Å². The Kier molecular flexibility index (Phi) is 5.74. The molecule has 0 spiro atoms. The molecule has 6 heteroatoms. The topological polar surface area (TPSA) is 78.2 Å². The van der Waals surface area contributed by atoms with E-state index in [1.54, 1.807) is 0 Å². The fourth-order valence-corrected chi connectivity index (χ4v) is 4.66. The molecule has 1 amide bonds. The molecular weight excluding hydrogens is 400 g/mol. The van der Waals surface area contributed by atoms with Gasteiger partial charge in [0.25, 0.3) is 5.91 Å². The van der Waals surface area contributed by atoms with E-state index in [0.717, 1.165) is 66.4 Å². The first-order valence-electron chi connectivity index (χ1n) is 11.3. The minimum atomic E-state index is -0.237. The normalized spacial score (nSPS) is 19.1. The number of nitrogens with one attached hydrogen (secondary N) is 1. The number of pyridine rings is 1. The molecule has 2 fully saturated rings. The number of likely N-dealkylation sites (tertiary alicyclic amines) is 1. The van der Waals surface area contributed by atoms with Crippen molar-refractivity contribution in [2.75, 3.05) is 25.0 Å². The highest BCUT2D eigenvalue weighted by Gasteiger charge is 2.31. The zero-order valence-corrected chi connectivity index (χ0v) is 18.0. The number of nitrogens with zero attached hydrogens (tertiary/aromatic N) is 3. The maximum Gasteiger partial charge on any atom is 0.251 e. The molecule has 2 saturated heterocycles. The number of benzene rings is 2. The highest BCUT2D eigenvalue weighted by molar-refractivity contribution is 5.97. The number of hydrogen-bond acceptors (Lipinski definition) is 5. The van der Waals surface area contributed by atoms with Crippen LogP contribution in [0.15, 0.2) is 54.9 Å². The van der Waals surface area contributed by atoms with E-state index >= 15 is 0 Å². The van der Waals surface area contributed by atoms with Crippen LogP contribution in [0.25, 0.3) is 21.9 Å². The molecule has 0 radical (unpaired) electrons. The summed E-state index contributed by atoms with van der Waals surface area (Å²) >= 11 is 0.